The molecule has 0 bridgehead atoms. The van der Waals surface area contributed by atoms with Crippen LogP contribution in [0.4, 0.5) is 0 Å². The van der Waals surface area contributed by atoms with Crippen LogP contribution < -0.4 is 9.47 Å². The minimum absolute atomic E-state index is 0.112. The summed E-state index contributed by atoms with van der Waals surface area (Å²) in [6.07, 6.45) is 4.14. The van der Waals surface area contributed by atoms with Crippen LogP contribution in [0.5, 0.6) is 17.2 Å². The van der Waals surface area contributed by atoms with E-state index in [4.69, 9.17) is 9.47 Å². The first kappa shape index (κ1) is 21.4. The van der Waals surface area contributed by atoms with Crippen LogP contribution >= 0.6 is 0 Å². The number of benzene rings is 2. The normalized spacial score (nSPS) is 27.1. The van der Waals surface area contributed by atoms with E-state index in [9.17, 15) is 15.0 Å². The average Bonchev–Trinajstić information content (AvgIpc) is 3.13. The number of rotatable bonds is 5. The molecule has 1 aliphatic carbocycles. The summed E-state index contributed by atoms with van der Waals surface area (Å²) in [6, 6.07) is 11.0. The quantitative estimate of drug-likeness (QED) is 0.526. The van der Waals surface area contributed by atoms with Crippen molar-refractivity contribution in [1.29, 1.82) is 0 Å². The van der Waals surface area contributed by atoms with E-state index in [0.717, 1.165) is 17.5 Å². The van der Waals surface area contributed by atoms with Crippen molar-refractivity contribution in [3.63, 3.8) is 0 Å². The first-order chi connectivity index (χ1) is 14.7. The number of aromatic hydroxyl groups is 1. The molecule has 0 aromatic heterocycles. The molecule has 164 valence electrons. The number of hydrogen-bond acceptors (Lipinski definition) is 5. The summed E-state index contributed by atoms with van der Waals surface area (Å²) < 4.78 is 11.9. The molecule has 31 heavy (non-hydrogen) atoms. The number of ketones is 1. The highest BCUT2D eigenvalue weighted by molar-refractivity contribution is 6.11. The van der Waals surface area contributed by atoms with Crippen LogP contribution in [0, 0.1) is 11.8 Å². The molecule has 1 heterocycles. The molecule has 5 heteroatoms. The fourth-order valence-electron chi connectivity index (χ4n) is 5.13. The second kappa shape index (κ2) is 8.04. The smallest absolute Gasteiger partial charge is 0.193 e. The van der Waals surface area contributed by atoms with Crippen LogP contribution in [-0.4, -0.2) is 34.8 Å². The lowest BCUT2D eigenvalue weighted by Crippen LogP contribution is -2.51. The number of fused-ring (bicyclic) bond motifs is 3. The summed E-state index contributed by atoms with van der Waals surface area (Å²) in [6.45, 7) is 6.12. The third kappa shape index (κ3) is 3.72. The van der Waals surface area contributed by atoms with E-state index in [2.05, 4.69) is 13.8 Å². The standard InChI is InChI=1S/C26H30O5/c1-15(2)17-12-13-26(3,29)25-21(17)23-20(30-4)14-19(28)22(24(23)31-25)18(27)11-10-16-8-6-5-7-9-16/h5-11,14-15,17,21,25,28-29H,12-13H2,1-4H3. The van der Waals surface area contributed by atoms with Gasteiger partial charge in [-0.1, -0.05) is 50.3 Å². The van der Waals surface area contributed by atoms with Crippen LogP contribution in [0.15, 0.2) is 42.5 Å². The molecule has 1 fully saturated rings. The maximum absolute atomic E-state index is 13.2. The Labute approximate surface area is 183 Å². The Hall–Kier alpha value is -2.79. The van der Waals surface area contributed by atoms with E-state index in [1.807, 2.05) is 30.3 Å². The van der Waals surface area contributed by atoms with Crippen molar-refractivity contribution in [1.82, 2.24) is 0 Å². The zero-order valence-corrected chi connectivity index (χ0v) is 18.5. The predicted molar refractivity (Wildman–Crippen MR) is 120 cm³/mol. The number of ether oxygens (including phenoxy) is 2. The fourth-order valence-corrected chi connectivity index (χ4v) is 5.13. The largest absolute Gasteiger partial charge is 0.507 e. The lowest BCUT2D eigenvalue weighted by molar-refractivity contribution is -0.0919. The minimum atomic E-state index is -1.03. The van der Waals surface area contributed by atoms with Gasteiger partial charge in [0.25, 0.3) is 0 Å². The second-order valence-corrected chi connectivity index (χ2v) is 9.19. The third-order valence-electron chi connectivity index (χ3n) is 6.77. The molecular weight excluding hydrogens is 392 g/mol. The molecule has 4 atom stereocenters. The van der Waals surface area contributed by atoms with E-state index in [1.165, 1.54) is 12.1 Å². The first-order valence-corrected chi connectivity index (χ1v) is 10.8. The molecule has 2 aromatic rings. The van der Waals surface area contributed by atoms with Crippen molar-refractivity contribution in [3.05, 3.63) is 59.2 Å². The number of carbonyl (C=O) groups is 1. The van der Waals surface area contributed by atoms with E-state index in [1.54, 1.807) is 20.1 Å². The van der Waals surface area contributed by atoms with Gasteiger partial charge in [-0.3, -0.25) is 4.79 Å². The van der Waals surface area contributed by atoms with Gasteiger partial charge in [-0.25, -0.2) is 0 Å². The SMILES string of the molecule is COc1cc(O)c(C(=O)C=Cc2ccccc2)c2c1C1C(C(C)C)CCC(C)(O)C1O2. The van der Waals surface area contributed by atoms with Crippen molar-refractivity contribution >= 4 is 11.9 Å². The summed E-state index contributed by atoms with van der Waals surface area (Å²) in [7, 11) is 1.55. The summed E-state index contributed by atoms with van der Waals surface area (Å²) in [5, 5.41) is 21.8. The molecule has 2 aromatic carbocycles. The number of allylic oxidation sites excluding steroid dienone is 1. The van der Waals surface area contributed by atoms with Gasteiger partial charge in [0.05, 0.1) is 12.7 Å². The molecule has 1 saturated carbocycles. The molecule has 2 N–H and O–H groups in total. The Balaban J connectivity index is 1.82. The van der Waals surface area contributed by atoms with Crippen molar-refractivity contribution in [2.24, 2.45) is 11.8 Å². The lowest BCUT2D eigenvalue weighted by Gasteiger charge is -2.44. The molecule has 4 rings (SSSR count). The van der Waals surface area contributed by atoms with Crippen molar-refractivity contribution < 1.29 is 24.5 Å². The zero-order chi connectivity index (χ0) is 22.3. The summed E-state index contributed by atoms with van der Waals surface area (Å²) >= 11 is 0. The Bertz CT molecular complexity index is 1010. The van der Waals surface area contributed by atoms with E-state index in [-0.39, 0.29) is 28.9 Å². The highest BCUT2D eigenvalue weighted by Gasteiger charge is 2.55. The Kier molecular flexibility index (Phi) is 5.56. The van der Waals surface area contributed by atoms with Crippen molar-refractivity contribution in [2.75, 3.05) is 7.11 Å². The van der Waals surface area contributed by atoms with Crippen molar-refractivity contribution in [2.45, 2.75) is 51.2 Å². The van der Waals surface area contributed by atoms with Crippen LogP contribution in [0.3, 0.4) is 0 Å². The monoisotopic (exact) mass is 422 g/mol. The van der Waals surface area contributed by atoms with Gasteiger partial charge >= 0.3 is 0 Å². The number of aliphatic hydroxyl groups is 1. The van der Waals surface area contributed by atoms with Gasteiger partial charge in [0.2, 0.25) is 0 Å². The van der Waals surface area contributed by atoms with Gasteiger partial charge in [0, 0.05) is 17.5 Å². The van der Waals surface area contributed by atoms with Gasteiger partial charge in [0.15, 0.2) is 5.78 Å². The lowest BCUT2D eigenvalue weighted by atomic mass is 9.65. The highest BCUT2D eigenvalue weighted by atomic mass is 16.5. The van der Waals surface area contributed by atoms with Gasteiger partial charge in [0.1, 0.15) is 28.9 Å². The summed E-state index contributed by atoms with van der Waals surface area (Å²) in [4.78, 5) is 13.2. The number of phenolic OH excluding ortho intramolecular Hbond substituents is 1. The topological polar surface area (TPSA) is 76.0 Å². The van der Waals surface area contributed by atoms with Crippen LogP contribution in [-0.2, 0) is 0 Å². The maximum atomic E-state index is 13.2. The molecule has 2 aliphatic rings. The number of methoxy groups -OCH3 is 1. The van der Waals surface area contributed by atoms with Crippen molar-refractivity contribution in [3.8, 4) is 17.2 Å². The summed E-state index contributed by atoms with van der Waals surface area (Å²) in [5.74, 6) is 0.826. The molecule has 0 radical (unpaired) electrons. The molecule has 0 saturated heterocycles. The highest BCUT2D eigenvalue weighted by Crippen LogP contribution is 2.58. The molecule has 0 spiro atoms. The maximum Gasteiger partial charge on any atom is 0.193 e. The first-order valence-electron chi connectivity index (χ1n) is 10.8. The molecular formula is C26H30O5. The number of hydrogen-bond donors (Lipinski definition) is 2. The van der Waals surface area contributed by atoms with Crippen LogP contribution in [0.25, 0.3) is 6.08 Å². The van der Waals surface area contributed by atoms with Gasteiger partial charge in [-0.05, 0) is 43.2 Å². The molecule has 5 nitrogen and oxygen atoms in total. The zero-order valence-electron chi connectivity index (χ0n) is 18.5. The van der Waals surface area contributed by atoms with E-state index < -0.39 is 11.7 Å². The van der Waals surface area contributed by atoms with Gasteiger partial charge in [-0.2, -0.15) is 0 Å². The molecule has 4 unspecified atom stereocenters. The van der Waals surface area contributed by atoms with E-state index in [0.29, 0.717) is 23.8 Å². The second-order valence-electron chi connectivity index (χ2n) is 9.19. The Morgan fingerprint density at radius 3 is 2.65 bits per heavy atom. The third-order valence-corrected chi connectivity index (χ3v) is 6.77. The minimum Gasteiger partial charge on any atom is -0.507 e. The fraction of sp³-hybridized carbons (Fsp3) is 0.423. The molecule has 1 aliphatic heterocycles. The number of carbonyl (C=O) groups excluding carboxylic acids is 1. The van der Waals surface area contributed by atoms with E-state index >= 15 is 0 Å². The predicted octanol–water partition coefficient (Wildman–Crippen LogP) is 4.96. The average molecular weight is 423 g/mol. The molecule has 0 amide bonds. The van der Waals surface area contributed by atoms with Gasteiger partial charge < -0.3 is 19.7 Å². The number of phenols is 1. The Morgan fingerprint density at radius 1 is 1.29 bits per heavy atom. The van der Waals surface area contributed by atoms with Crippen LogP contribution in [0.1, 0.15) is 61.0 Å². The summed E-state index contributed by atoms with van der Waals surface area (Å²) in [5.41, 5.74) is 0.754. The Morgan fingerprint density at radius 2 is 2.00 bits per heavy atom. The van der Waals surface area contributed by atoms with Crippen LogP contribution in [0.2, 0.25) is 0 Å². The van der Waals surface area contributed by atoms with Gasteiger partial charge in [-0.15, -0.1) is 0 Å².